The van der Waals surface area contributed by atoms with Crippen LogP contribution in [-0.2, 0) is 4.79 Å². The summed E-state index contributed by atoms with van der Waals surface area (Å²) < 4.78 is 0. The van der Waals surface area contributed by atoms with E-state index in [9.17, 15) is 9.90 Å². The number of aromatic nitrogens is 1. The van der Waals surface area contributed by atoms with Crippen molar-refractivity contribution in [2.75, 3.05) is 0 Å². The third-order valence-corrected chi connectivity index (χ3v) is 1.98. The monoisotopic (exact) mass is 187 g/mol. The molecule has 0 spiro atoms. The van der Waals surface area contributed by atoms with E-state index in [1.807, 2.05) is 0 Å². The van der Waals surface area contributed by atoms with Crippen LogP contribution in [0, 0.1) is 0 Å². The van der Waals surface area contributed by atoms with E-state index in [-0.39, 0.29) is 0 Å². The predicted molar refractivity (Wildman–Crippen MR) is 40.1 cm³/mol. The average molecular weight is 187 g/mol. The SMILES string of the molecule is N[C@@H](c1cscn1)[C@@H](O)C(=O)[O-]. The number of aliphatic hydroxyl groups is 1. The van der Waals surface area contributed by atoms with E-state index >= 15 is 0 Å². The molecule has 6 heteroatoms. The Morgan fingerprint density at radius 2 is 2.50 bits per heavy atom. The Balaban J connectivity index is 2.71. The molecule has 5 nitrogen and oxygen atoms in total. The third kappa shape index (κ3) is 1.79. The summed E-state index contributed by atoms with van der Waals surface area (Å²) in [5, 5.41) is 20.7. The maximum Gasteiger partial charge on any atom is 0.114 e. The molecule has 1 heterocycles. The van der Waals surface area contributed by atoms with Crippen molar-refractivity contribution in [1.29, 1.82) is 0 Å². The van der Waals surface area contributed by atoms with Crippen molar-refractivity contribution in [1.82, 2.24) is 4.98 Å². The van der Waals surface area contributed by atoms with Gasteiger partial charge in [-0.15, -0.1) is 11.3 Å². The van der Waals surface area contributed by atoms with Crippen molar-refractivity contribution in [3.05, 3.63) is 16.6 Å². The molecule has 3 N–H and O–H groups in total. The van der Waals surface area contributed by atoms with E-state index in [4.69, 9.17) is 10.8 Å². The zero-order chi connectivity index (χ0) is 9.14. The van der Waals surface area contributed by atoms with Gasteiger partial charge in [-0.2, -0.15) is 0 Å². The van der Waals surface area contributed by atoms with Crippen molar-refractivity contribution in [3.8, 4) is 0 Å². The van der Waals surface area contributed by atoms with E-state index in [0.29, 0.717) is 5.69 Å². The molecule has 12 heavy (non-hydrogen) atoms. The molecule has 0 unspecified atom stereocenters. The Hall–Kier alpha value is -0.980. The number of rotatable bonds is 3. The van der Waals surface area contributed by atoms with Gasteiger partial charge >= 0.3 is 0 Å². The molecule has 0 radical (unpaired) electrons. The Kier molecular flexibility index (Phi) is 2.74. The van der Waals surface area contributed by atoms with Gasteiger partial charge in [-0.1, -0.05) is 0 Å². The predicted octanol–water partition coefficient (Wildman–Crippen LogP) is -1.75. The topological polar surface area (TPSA) is 99.3 Å². The number of carboxylic acids is 1. The molecule has 66 valence electrons. The van der Waals surface area contributed by atoms with Crippen molar-refractivity contribution < 1.29 is 15.0 Å². The summed E-state index contributed by atoms with van der Waals surface area (Å²) in [7, 11) is 0. The van der Waals surface area contributed by atoms with Crippen LogP contribution in [0.4, 0.5) is 0 Å². The van der Waals surface area contributed by atoms with Crippen LogP contribution in [0.15, 0.2) is 10.9 Å². The van der Waals surface area contributed by atoms with Crippen molar-refractivity contribution >= 4 is 17.3 Å². The third-order valence-electron chi connectivity index (χ3n) is 1.37. The molecule has 1 rings (SSSR count). The van der Waals surface area contributed by atoms with Gasteiger partial charge in [-0.05, 0) is 0 Å². The summed E-state index contributed by atoms with van der Waals surface area (Å²) >= 11 is 1.28. The van der Waals surface area contributed by atoms with Crippen molar-refractivity contribution in [3.63, 3.8) is 0 Å². The minimum atomic E-state index is -1.70. The van der Waals surface area contributed by atoms with Crippen LogP contribution in [0.1, 0.15) is 11.7 Å². The van der Waals surface area contributed by atoms with Crippen LogP contribution in [-0.4, -0.2) is 22.2 Å². The minimum Gasteiger partial charge on any atom is -0.547 e. The van der Waals surface area contributed by atoms with Crippen molar-refractivity contribution in [2.24, 2.45) is 5.73 Å². The lowest BCUT2D eigenvalue weighted by Crippen LogP contribution is -2.42. The van der Waals surface area contributed by atoms with Gasteiger partial charge in [0.2, 0.25) is 0 Å². The van der Waals surface area contributed by atoms with Crippen LogP contribution in [0.5, 0.6) is 0 Å². The van der Waals surface area contributed by atoms with Crippen molar-refractivity contribution in [2.45, 2.75) is 12.1 Å². The molecule has 0 saturated carbocycles. The molecular weight excluding hydrogens is 180 g/mol. The van der Waals surface area contributed by atoms with Gasteiger partial charge in [-0.3, -0.25) is 0 Å². The first-order valence-corrected chi connectivity index (χ1v) is 4.10. The average Bonchev–Trinajstić information content (AvgIpc) is 2.53. The molecule has 0 bridgehead atoms. The lowest BCUT2D eigenvalue weighted by molar-refractivity contribution is -0.315. The zero-order valence-corrected chi connectivity index (χ0v) is 6.82. The minimum absolute atomic E-state index is 0.358. The molecule has 0 saturated heterocycles. The van der Waals surface area contributed by atoms with Crippen LogP contribution in [0.25, 0.3) is 0 Å². The molecule has 0 aliphatic heterocycles. The summed E-state index contributed by atoms with van der Waals surface area (Å²) in [6.07, 6.45) is -1.70. The number of carboxylic acid groups (broad SMARTS) is 1. The number of aliphatic carboxylic acids is 1. The second kappa shape index (κ2) is 3.61. The number of thiazole rings is 1. The number of carbonyl (C=O) groups excluding carboxylic acids is 1. The molecule has 1 aromatic rings. The van der Waals surface area contributed by atoms with Gasteiger partial charge in [-0.25, -0.2) is 4.98 Å². The van der Waals surface area contributed by atoms with E-state index in [1.165, 1.54) is 16.8 Å². The summed E-state index contributed by atoms with van der Waals surface area (Å²) in [5.41, 5.74) is 7.23. The molecule has 2 atom stereocenters. The quantitative estimate of drug-likeness (QED) is 0.584. The molecule has 1 aromatic heterocycles. The largest absolute Gasteiger partial charge is 0.547 e. The van der Waals surface area contributed by atoms with Crippen LogP contribution < -0.4 is 10.8 Å². The fourth-order valence-corrected chi connectivity index (χ4v) is 1.30. The van der Waals surface area contributed by atoms with Crippen LogP contribution in [0.2, 0.25) is 0 Å². The summed E-state index contributed by atoms with van der Waals surface area (Å²) in [4.78, 5) is 13.9. The van der Waals surface area contributed by atoms with Crippen LogP contribution in [0.3, 0.4) is 0 Å². The lowest BCUT2D eigenvalue weighted by Gasteiger charge is -2.17. The smallest absolute Gasteiger partial charge is 0.114 e. The first-order chi connectivity index (χ1) is 5.63. The van der Waals surface area contributed by atoms with E-state index in [1.54, 1.807) is 5.38 Å². The molecule has 0 fully saturated rings. The van der Waals surface area contributed by atoms with Gasteiger partial charge in [0.25, 0.3) is 0 Å². The molecule has 0 aromatic carbocycles. The highest BCUT2D eigenvalue weighted by Gasteiger charge is 2.18. The van der Waals surface area contributed by atoms with Gasteiger partial charge < -0.3 is 20.7 Å². The fourth-order valence-electron chi connectivity index (χ4n) is 0.695. The highest BCUT2D eigenvalue weighted by atomic mass is 32.1. The van der Waals surface area contributed by atoms with Crippen LogP contribution >= 0.6 is 11.3 Å². The number of nitrogens with zero attached hydrogens (tertiary/aromatic N) is 1. The summed E-state index contributed by atoms with van der Waals surface area (Å²) in [6, 6.07) is -1.01. The Labute approximate surface area is 72.5 Å². The molecule has 0 aliphatic rings. The maximum atomic E-state index is 10.2. The van der Waals surface area contributed by atoms with E-state index < -0.39 is 18.1 Å². The number of hydrogen-bond acceptors (Lipinski definition) is 6. The highest BCUT2D eigenvalue weighted by Crippen LogP contribution is 2.13. The zero-order valence-electron chi connectivity index (χ0n) is 6.01. The Morgan fingerprint density at radius 1 is 1.83 bits per heavy atom. The standard InChI is InChI=1S/C6H8N2O3S/c7-4(5(9)6(10)11)3-1-12-2-8-3/h1-2,4-5,9H,7H2,(H,10,11)/p-1/t4-,5+/m0/s1. The van der Waals surface area contributed by atoms with Gasteiger partial charge in [0.15, 0.2) is 0 Å². The van der Waals surface area contributed by atoms with E-state index in [2.05, 4.69) is 4.98 Å². The van der Waals surface area contributed by atoms with E-state index in [0.717, 1.165) is 0 Å². The Morgan fingerprint density at radius 3 is 2.92 bits per heavy atom. The molecule has 0 aliphatic carbocycles. The number of carbonyl (C=O) groups is 1. The van der Waals surface area contributed by atoms with Gasteiger partial charge in [0, 0.05) is 5.38 Å². The second-order valence-corrected chi connectivity index (χ2v) is 2.92. The fraction of sp³-hybridized carbons (Fsp3) is 0.333. The maximum absolute atomic E-state index is 10.2. The number of aliphatic hydroxyl groups excluding tert-OH is 1. The summed E-state index contributed by atoms with van der Waals surface area (Å²) in [5.74, 6) is -1.59. The molecule has 0 amide bonds. The molecular formula is C6H7N2O3S-. The lowest BCUT2D eigenvalue weighted by atomic mass is 10.1. The summed E-state index contributed by atoms with van der Waals surface area (Å²) in [6.45, 7) is 0. The second-order valence-electron chi connectivity index (χ2n) is 2.20. The number of hydrogen-bond donors (Lipinski definition) is 2. The van der Waals surface area contributed by atoms with Gasteiger partial charge in [0.1, 0.15) is 6.10 Å². The first-order valence-electron chi connectivity index (χ1n) is 3.15. The highest BCUT2D eigenvalue weighted by molar-refractivity contribution is 7.07. The number of nitrogens with two attached hydrogens (primary N) is 1. The van der Waals surface area contributed by atoms with Gasteiger partial charge in [0.05, 0.1) is 23.2 Å². The normalized spacial score (nSPS) is 15.5. The first kappa shape index (κ1) is 9.11. The Bertz CT molecular complexity index is 262.